The number of rotatable bonds is 6. The Morgan fingerprint density at radius 2 is 1.65 bits per heavy atom. The molecule has 0 saturated heterocycles. The fraction of sp³-hybridized carbons (Fsp3) is 0.333. The van der Waals surface area contributed by atoms with E-state index in [0.717, 1.165) is 24.1 Å². The molecule has 0 spiro atoms. The van der Waals surface area contributed by atoms with Crippen LogP contribution in [0.15, 0.2) is 41.3 Å². The van der Waals surface area contributed by atoms with Gasteiger partial charge in [0.15, 0.2) is 11.5 Å². The second-order valence-corrected chi connectivity index (χ2v) is 8.27. The zero-order valence-corrected chi connectivity index (χ0v) is 16.0. The van der Waals surface area contributed by atoms with Gasteiger partial charge in [0.25, 0.3) is 0 Å². The van der Waals surface area contributed by atoms with Crippen LogP contribution in [0.3, 0.4) is 0 Å². The predicted molar refractivity (Wildman–Crippen MR) is 96.8 cm³/mol. The quantitative estimate of drug-likeness (QED) is 0.801. The highest BCUT2D eigenvalue weighted by atomic mass is 35.5. The maximum atomic E-state index is 14.4. The number of hydrogen-bond donors (Lipinski definition) is 1. The summed E-state index contributed by atoms with van der Waals surface area (Å²) in [5, 5.41) is 0.567. The normalized spacial score (nSPS) is 16.0. The van der Waals surface area contributed by atoms with Crippen molar-refractivity contribution >= 4 is 21.6 Å². The van der Waals surface area contributed by atoms with Gasteiger partial charge in [-0.3, -0.25) is 0 Å². The lowest BCUT2D eigenvalue weighted by Gasteiger charge is -2.42. The molecule has 1 aliphatic carbocycles. The lowest BCUT2D eigenvalue weighted by molar-refractivity contribution is 0.224. The van der Waals surface area contributed by atoms with Crippen LogP contribution >= 0.6 is 11.6 Å². The summed E-state index contributed by atoms with van der Waals surface area (Å²) in [5.41, 5.74) is 0.0425. The van der Waals surface area contributed by atoms with Crippen LogP contribution in [0.1, 0.15) is 24.8 Å². The number of nitrogens with one attached hydrogen (secondary N) is 1. The summed E-state index contributed by atoms with van der Waals surface area (Å²) in [7, 11) is -1.40. The number of sulfonamides is 1. The van der Waals surface area contributed by atoms with Crippen LogP contribution in [0, 0.1) is 5.82 Å². The van der Waals surface area contributed by atoms with Gasteiger partial charge < -0.3 is 9.47 Å². The summed E-state index contributed by atoms with van der Waals surface area (Å²) in [6, 6.07) is 9.13. The summed E-state index contributed by atoms with van der Waals surface area (Å²) in [4.78, 5) is -0.476. The first-order valence-corrected chi connectivity index (χ1v) is 9.89. The van der Waals surface area contributed by atoms with Gasteiger partial charge in [0.2, 0.25) is 10.0 Å². The van der Waals surface area contributed by atoms with E-state index >= 15 is 0 Å². The number of hydrogen-bond acceptors (Lipinski definition) is 4. The van der Waals surface area contributed by atoms with E-state index in [1.807, 2.05) is 0 Å². The van der Waals surface area contributed by atoms with Crippen LogP contribution in [0.25, 0.3) is 0 Å². The Bertz CT molecular complexity index is 912. The molecule has 0 radical (unpaired) electrons. The zero-order valence-electron chi connectivity index (χ0n) is 14.4. The van der Waals surface area contributed by atoms with Crippen molar-refractivity contribution in [1.82, 2.24) is 4.72 Å². The topological polar surface area (TPSA) is 64.6 Å². The predicted octanol–water partition coefficient (Wildman–Crippen LogP) is 3.85. The van der Waals surface area contributed by atoms with Crippen molar-refractivity contribution < 1.29 is 22.3 Å². The Morgan fingerprint density at radius 3 is 2.15 bits per heavy atom. The van der Waals surface area contributed by atoms with E-state index < -0.39 is 26.3 Å². The molecule has 2 aromatic carbocycles. The van der Waals surface area contributed by atoms with Gasteiger partial charge in [0.1, 0.15) is 10.7 Å². The van der Waals surface area contributed by atoms with Gasteiger partial charge >= 0.3 is 0 Å². The summed E-state index contributed by atoms with van der Waals surface area (Å²) >= 11 is 5.92. The number of ether oxygens (including phenoxy) is 2. The van der Waals surface area contributed by atoms with Gasteiger partial charge in [0.05, 0.1) is 19.8 Å². The molecule has 8 heteroatoms. The van der Waals surface area contributed by atoms with Gasteiger partial charge in [-0.05, 0) is 37.0 Å². The van der Waals surface area contributed by atoms with Gasteiger partial charge in [0, 0.05) is 17.2 Å². The third-order valence-corrected chi connectivity index (χ3v) is 6.46. The lowest BCUT2D eigenvalue weighted by Crippen LogP contribution is -2.50. The molecule has 0 aliphatic heterocycles. The molecule has 0 amide bonds. The van der Waals surface area contributed by atoms with E-state index in [1.54, 1.807) is 24.3 Å². The first-order valence-electron chi connectivity index (χ1n) is 8.03. The van der Waals surface area contributed by atoms with Crippen molar-refractivity contribution in [3.63, 3.8) is 0 Å². The molecule has 1 N–H and O–H groups in total. The van der Waals surface area contributed by atoms with Crippen LogP contribution in [-0.4, -0.2) is 22.6 Å². The maximum absolute atomic E-state index is 14.4. The zero-order chi connectivity index (χ0) is 18.9. The third kappa shape index (κ3) is 3.39. The van der Waals surface area contributed by atoms with Gasteiger partial charge in [-0.25, -0.2) is 17.5 Å². The molecule has 26 heavy (non-hydrogen) atoms. The molecule has 1 fully saturated rings. The average Bonchev–Trinajstić information content (AvgIpc) is 2.58. The van der Waals surface area contributed by atoms with Crippen molar-refractivity contribution in [1.29, 1.82) is 0 Å². The van der Waals surface area contributed by atoms with E-state index in [9.17, 15) is 12.8 Å². The first-order chi connectivity index (χ1) is 12.3. The highest BCUT2D eigenvalue weighted by Crippen LogP contribution is 2.43. The molecule has 0 unspecified atom stereocenters. The lowest BCUT2D eigenvalue weighted by atomic mass is 9.73. The van der Waals surface area contributed by atoms with Crippen LogP contribution < -0.4 is 14.2 Å². The Balaban J connectivity index is 1.99. The summed E-state index contributed by atoms with van der Waals surface area (Å²) < 4.78 is 53.0. The van der Waals surface area contributed by atoms with Crippen molar-refractivity contribution in [2.75, 3.05) is 14.2 Å². The summed E-state index contributed by atoms with van der Waals surface area (Å²) in [5.74, 6) is -0.635. The van der Waals surface area contributed by atoms with E-state index in [1.165, 1.54) is 14.2 Å². The van der Waals surface area contributed by atoms with Crippen molar-refractivity contribution in [3.8, 4) is 11.5 Å². The van der Waals surface area contributed by atoms with Crippen LogP contribution in [-0.2, 0) is 15.6 Å². The Labute approximate surface area is 157 Å². The summed E-state index contributed by atoms with van der Waals surface area (Å²) in [6.45, 7) is 0. The van der Waals surface area contributed by atoms with E-state index in [2.05, 4.69) is 4.72 Å². The minimum atomic E-state index is -4.12. The van der Waals surface area contributed by atoms with Crippen molar-refractivity contribution in [3.05, 3.63) is 52.8 Å². The summed E-state index contributed by atoms with van der Waals surface area (Å²) in [6.07, 6.45) is 2.13. The molecule has 3 rings (SSSR count). The van der Waals surface area contributed by atoms with E-state index in [-0.39, 0.29) is 11.5 Å². The van der Waals surface area contributed by atoms with Crippen LogP contribution in [0.2, 0.25) is 5.02 Å². The fourth-order valence-corrected chi connectivity index (χ4v) is 4.75. The molecular formula is C18H19ClFNO4S. The average molecular weight is 400 g/mol. The van der Waals surface area contributed by atoms with E-state index in [0.29, 0.717) is 17.9 Å². The van der Waals surface area contributed by atoms with Crippen LogP contribution in [0.4, 0.5) is 4.39 Å². The molecule has 5 nitrogen and oxygen atoms in total. The van der Waals surface area contributed by atoms with Gasteiger partial charge in [-0.2, -0.15) is 0 Å². The molecule has 140 valence electrons. The largest absolute Gasteiger partial charge is 0.493 e. The highest BCUT2D eigenvalue weighted by Gasteiger charge is 2.43. The minimum Gasteiger partial charge on any atom is -0.493 e. The second-order valence-electron chi connectivity index (χ2n) is 6.19. The van der Waals surface area contributed by atoms with Crippen LogP contribution in [0.5, 0.6) is 11.5 Å². The van der Waals surface area contributed by atoms with Crippen molar-refractivity contribution in [2.24, 2.45) is 0 Å². The van der Waals surface area contributed by atoms with Gasteiger partial charge in [-0.15, -0.1) is 0 Å². The minimum absolute atomic E-state index is 0.125. The molecule has 1 saturated carbocycles. The Kier molecular flexibility index (Phi) is 5.14. The Hall–Kier alpha value is -1.83. The molecule has 1 aliphatic rings. The Morgan fingerprint density at radius 1 is 1.08 bits per heavy atom. The smallest absolute Gasteiger partial charge is 0.244 e. The number of benzene rings is 2. The first kappa shape index (κ1) is 18.9. The number of methoxy groups -OCH3 is 2. The molecule has 0 heterocycles. The van der Waals surface area contributed by atoms with E-state index in [4.69, 9.17) is 21.1 Å². The molecule has 2 aromatic rings. The standard InChI is InChI=1S/C18H19ClFNO4S/c1-24-15-10-14(20)17(11-16(15)25-2)26(22,23)21-18(8-3-9-18)12-4-6-13(19)7-5-12/h4-7,10-11,21H,3,8-9H2,1-2H3. The third-order valence-electron chi connectivity index (χ3n) is 4.66. The maximum Gasteiger partial charge on any atom is 0.244 e. The SMILES string of the molecule is COc1cc(F)c(S(=O)(=O)NC2(c3ccc(Cl)cc3)CCC2)cc1OC. The fourth-order valence-electron chi connectivity index (χ4n) is 3.10. The number of halogens is 2. The monoisotopic (exact) mass is 399 g/mol. The van der Waals surface area contributed by atoms with Gasteiger partial charge in [-0.1, -0.05) is 23.7 Å². The second kappa shape index (κ2) is 7.06. The molecule has 0 atom stereocenters. The highest BCUT2D eigenvalue weighted by molar-refractivity contribution is 7.89. The molecule has 0 bridgehead atoms. The molecule has 0 aromatic heterocycles. The van der Waals surface area contributed by atoms with Crippen molar-refractivity contribution in [2.45, 2.75) is 29.7 Å². The molecular weight excluding hydrogens is 381 g/mol.